The van der Waals surface area contributed by atoms with E-state index in [0.717, 1.165) is 11.4 Å². The highest BCUT2D eigenvalue weighted by Crippen LogP contribution is 2.25. The lowest BCUT2D eigenvalue weighted by atomic mass is 9.99. The van der Waals surface area contributed by atoms with Gasteiger partial charge in [0, 0.05) is 17.1 Å². The molecule has 2 heteroatoms. The van der Waals surface area contributed by atoms with Gasteiger partial charge in [0.2, 0.25) is 0 Å². The molecule has 0 amide bonds. The Bertz CT molecular complexity index is 565. The molecular formula is C18H22ClN. The van der Waals surface area contributed by atoms with Gasteiger partial charge in [-0.15, -0.1) is 0 Å². The molecule has 0 aromatic heterocycles. The maximum absolute atomic E-state index is 6.10. The maximum Gasteiger partial charge on any atom is 0.0409 e. The van der Waals surface area contributed by atoms with Crippen molar-refractivity contribution in [1.29, 1.82) is 0 Å². The molecule has 0 saturated carbocycles. The second-order valence-electron chi connectivity index (χ2n) is 5.26. The Morgan fingerprint density at radius 2 is 1.85 bits per heavy atom. The van der Waals surface area contributed by atoms with Crippen LogP contribution >= 0.6 is 11.6 Å². The van der Waals surface area contributed by atoms with Gasteiger partial charge in [0.25, 0.3) is 0 Å². The number of rotatable bonds is 5. The van der Waals surface area contributed by atoms with Gasteiger partial charge in [-0.2, -0.15) is 0 Å². The predicted molar refractivity (Wildman–Crippen MR) is 87.2 cm³/mol. The Morgan fingerprint density at radius 1 is 1.10 bits per heavy atom. The van der Waals surface area contributed by atoms with E-state index in [1.807, 2.05) is 18.2 Å². The van der Waals surface area contributed by atoms with Crippen LogP contribution in [0.5, 0.6) is 0 Å². The summed E-state index contributed by atoms with van der Waals surface area (Å²) in [6, 6.07) is 17.3. The van der Waals surface area contributed by atoms with Gasteiger partial charge < -0.3 is 5.32 Å². The second-order valence-corrected chi connectivity index (χ2v) is 5.70. The zero-order valence-electron chi connectivity index (χ0n) is 12.4. The van der Waals surface area contributed by atoms with Crippen molar-refractivity contribution in [3.63, 3.8) is 0 Å². The molecule has 1 unspecified atom stereocenters. The Morgan fingerprint density at radius 3 is 2.50 bits per heavy atom. The van der Waals surface area contributed by atoms with Gasteiger partial charge in [-0.25, -0.2) is 0 Å². The predicted octanol–water partition coefficient (Wildman–Crippen LogP) is 5.45. The summed E-state index contributed by atoms with van der Waals surface area (Å²) < 4.78 is 0. The molecule has 0 fully saturated rings. The number of nitrogens with one attached hydrogen (secondary N) is 1. The molecule has 0 spiro atoms. The zero-order chi connectivity index (χ0) is 14.5. The Balaban J connectivity index is 2.16. The first-order valence-corrected chi connectivity index (χ1v) is 7.56. The molecule has 0 bridgehead atoms. The monoisotopic (exact) mass is 287 g/mol. The summed E-state index contributed by atoms with van der Waals surface area (Å²) in [4.78, 5) is 0. The van der Waals surface area contributed by atoms with E-state index < -0.39 is 0 Å². The first-order valence-electron chi connectivity index (χ1n) is 7.19. The van der Waals surface area contributed by atoms with Gasteiger partial charge >= 0.3 is 0 Å². The van der Waals surface area contributed by atoms with Gasteiger partial charge in [-0.1, -0.05) is 54.9 Å². The zero-order valence-corrected chi connectivity index (χ0v) is 13.1. The average Bonchev–Trinajstić information content (AvgIpc) is 2.45. The van der Waals surface area contributed by atoms with Crippen LogP contribution < -0.4 is 5.32 Å². The average molecular weight is 288 g/mol. The van der Waals surface area contributed by atoms with E-state index in [0.29, 0.717) is 12.1 Å². The van der Waals surface area contributed by atoms with Gasteiger partial charge in [0.05, 0.1) is 0 Å². The van der Waals surface area contributed by atoms with Crippen LogP contribution in [0, 0.1) is 6.92 Å². The molecule has 1 N–H and O–H groups in total. The van der Waals surface area contributed by atoms with E-state index in [1.165, 1.54) is 16.7 Å². The van der Waals surface area contributed by atoms with Gasteiger partial charge in [-0.3, -0.25) is 0 Å². The molecule has 2 aromatic rings. The SMILES string of the molecule is CCC(N[C@H](C)c1ccccc1C)c1cccc(Cl)c1. The van der Waals surface area contributed by atoms with E-state index in [2.05, 4.69) is 56.4 Å². The molecule has 0 saturated heterocycles. The molecule has 1 nitrogen and oxygen atoms in total. The minimum absolute atomic E-state index is 0.320. The van der Waals surface area contributed by atoms with Crippen molar-refractivity contribution in [2.45, 2.75) is 39.3 Å². The molecule has 106 valence electrons. The van der Waals surface area contributed by atoms with Crippen LogP contribution in [0.3, 0.4) is 0 Å². The third-order valence-electron chi connectivity index (χ3n) is 3.77. The summed E-state index contributed by atoms with van der Waals surface area (Å²) in [6.45, 7) is 6.58. The first kappa shape index (κ1) is 15.1. The highest BCUT2D eigenvalue weighted by Gasteiger charge is 2.15. The number of hydrogen-bond donors (Lipinski definition) is 1. The smallest absolute Gasteiger partial charge is 0.0409 e. The molecule has 2 rings (SSSR count). The maximum atomic E-state index is 6.10. The van der Waals surface area contributed by atoms with E-state index in [1.54, 1.807) is 0 Å². The minimum Gasteiger partial charge on any atom is -0.303 e. The molecule has 2 aromatic carbocycles. The third kappa shape index (κ3) is 3.62. The molecule has 0 aliphatic rings. The lowest BCUT2D eigenvalue weighted by Crippen LogP contribution is -2.24. The van der Waals surface area contributed by atoms with Crippen LogP contribution in [0.2, 0.25) is 5.02 Å². The lowest BCUT2D eigenvalue weighted by molar-refractivity contribution is 0.455. The third-order valence-corrected chi connectivity index (χ3v) is 4.00. The Labute approximate surface area is 127 Å². The van der Waals surface area contributed by atoms with Crippen LogP contribution in [0.15, 0.2) is 48.5 Å². The van der Waals surface area contributed by atoms with Crippen LogP contribution in [0.25, 0.3) is 0 Å². The fraction of sp³-hybridized carbons (Fsp3) is 0.333. The van der Waals surface area contributed by atoms with Gasteiger partial charge in [0.1, 0.15) is 0 Å². The van der Waals surface area contributed by atoms with E-state index >= 15 is 0 Å². The molecular weight excluding hydrogens is 266 g/mol. The fourth-order valence-electron chi connectivity index (χ4n) is 2.64. The summed E-state index contributed by atoms with van der Waals surface area (Å²) in [6.07, 6.45) is 1.04. The molecule has 0 aliphatic carbocycles. The second kappa shape index (κ2) is 6.92. The molecule has 0 aliphatic heterocycles. The van der Waals surface area contributed by atoms with E-state index in [9.17, 15) is 0 Å². The molecule has 0 heterocycles. The molecule has 0 radical (unpaired) electrons. The topological polar surface area (TPSA) is 12.0 Å². The first-order chi connectivity index (χ1) is 9.61. The van der Waals surface area contributed by atoms with Crippen LogP contribution in [0.1, 0.15) is 49.0 Å². The van der Waals surface area contributed by atoms with E-state index in [-0.39, 0.29) is 0 Å². The number of aryl methyl sites for hydroxylation is 1. The van der Waals surface area contributed by atoms with Crippen molar-refractivity contribution >= 4 is 11.6 Å². The van der Waals surface area contributed by atoms with Gasteiger partial charge in [0.15, 0.2) is 0 Å². The van der Waals surface area contributed by atoms with Crippen molar-refractivity contribution in [2.75, 3.05) is 0 Å². The van der Waals surface area contributed by atoms with Gasteiger partial charge in [-0.05, 0) is 49.1 Å². The largest absolute Gasteiger partial charge is 0.303 e. The minimum atomic E-state index is 0.320. The summed E-state index contributed by atoms with van der Waals surface area (Å²) in [5.41, 5.74) is 3.93. The normalized spacial score (nSPS) is 14.0. The van der Waals surface area contributed by atoms with Crippen molar-refractivity contribution in [1.82, 2.24) is 5.32 Å². The Kier molecular flexibility index (Phi) is 5.22. The summed E-state index contributed by atoms with van der Waals surface area (Å²) in [7, 11) is 0. The summed E-state index contributed by atoms with van der Waals surface area (Å²) in [5.74, 6) is 0. The summed E-state index contributed by atoms with van der Waals surface area (Å²) in [5, 5.41) is 4.51. The summed E-state index contributed by atoms with van der Waals surface area (Å²) >= 11 is 6.10. The fourth-order valence-corrected chi connectivity index (χ4v) is 2.84. The Hall–Kier alpha value is -1.31. The van der Waals surface area contributed by atoms with Crippen LogP contribution in [-0.2, 0) is 0 Å². The van der Waals surface area contributed by atoms with Crippen molar-refractivity contribution in [3.8, 4) is 0 Å². The quantitative estimate of drug-likeness (QED) is 0.771. The van der Waals surface area contributed by atoms with Crippen molar-refractivity contribution < 1.29 is 0 Å². The van der Waals surface area contributed by atoms with E-state index in [4.69, 9.17) is 11.6 Å². The van der Waals surface area contributed by atoms with Crippen LogP contribution in [-0.4, -0.2) is 0 Å². The highest BCUT2D eigenvalue weighted by molar-refractivity contribution is 6.30. The number of halogens is 1. The molecule has 2 atom stereocenters. The van der Waals surface area contributed by atoms with Crippen molar-refractivity contribution in [2.24, 2.45) is 0 Å². The highest BCUT2D eigenvalue weighted by atomic mass is 35.5. The van der Waals surface area contributed by atoms with Crippen LogP contribution in [0.4, 0.5) is 0 Å². The standard InChI is InChI=1S/C18H22ClN/c1-4-18(15-9-7-10-16(19)12-15)20-14(3)17-11-6-5-8-13(17)2/h5-12,14,18,20H,4H2,1-3H3/t14-,18?/m1/s1. The lowest BCUT2D eigenvalue weighted by Gasteiger charge is -2.24. The van der Waals surface area contributed by atoms with Crippen molar-refractivity contribution in [3.05, 3.63) is 70.2 Å². The number of hydrogen-bond acceptors (Lipinski definition) is 1. The number of benzene rings is 2. The molecule has 20 heavy (non-hydrogen) atoms.